The second-order valence-corrected chi connectivity index (χ2v) is 7.49. The van der Waals surface area contributed by atoms with Gasteiger partial charge in [-0.15, -0.1) is 0 Å². The predicted molar refractivity (Wildman–Crippen MR) is 80.1 cm³/mol. The van der Waals surface area contributed by atoms with Crippen molar-refractivity contribution in [3.8, 4) is 0 Å². The first-order chi connectivity index (χ1) is 10.5. The summed E-state index contributed by atoms with van der Waals surface area (Å²) in [5.74, 6) is -0.224. The van der Waals surface area contributed by atoms with E-state index >= 15 is 0 Å². The molecule has 0 bridgehead atoms. The van der Waals surface area contributed by atoms with Crippen LogP contribution in [0.1, 0.15) is 38.5 Å². The van der Waals surface area contributed by atoms with Gasteiger partial charge in [0.15, 0.2) is 0 Å². The summed E-state index contributed by atoms with van der Waals surface area (Å²) in [6.07, 6.45) is 6.31. The number of β-amino-alcohol motifs (C(OH)–C–C–N with tert-alkyl or cyclic N) is 1. The summed E-state index contributed by atoms with van der Waals surface area (Å²) >= 11 is 0. The van der Waals surface area contributed by atoms with E-state index in [1.54, 1.807) is 7.05 Å². The van der Waals surface area contributed by atoms with E-state index < -0.39 is 11.6 Å². The van der Waals surface area contributed by atoms with E-state index in [4.69, 9.17) is 0 Å². The molecule has 6 nitrogen and oxygen atoms in total. The van der Waals surface area contributed by atoms with Crippen molar-refractivity contribution < 1.29 is 14.7 Å². The van der Waals surface area contributed by atoms with Crippen LogP contribution in [0.2, 0.25) is 0 Å². The lowest BCUT2D eigenvalue weighted by atomic mass is 9.79. The van der Waals surface area contributed by atoms with Gasteiger partial charge in [0, 0.05) is 32.7 Å². The topological polar surface area (TPSA) is 64.1 Å². The Morgan fingerprint density at radius 2 is 1.82 bits per heavy atom. The number of piperazine rings is 1. The lowest BCUT2D eigenvalue weighted by molar-refractivity contribution is -0.181. The Labute approximate surface area is 131 Å². The summed E-state index contributed by atoms with van der Waals surface area (Å²) < 4.78 is 0. The molecule has 1 spiro atoms. The molecule has 3 saturated heterocycles. The summed E-state index contributed by atoms with van der Waals surface area (Å²) in [5, 5.41) is 9.98. The standard InChI is InChI=1S/C16H25N3O3/c1-17-14(21)13-7-12(20)8-19(13)16(15(17)22)9-18(10-16)11-5-3-2-4-6-11/h11-13,20H,2-10H2,1H3. The largest absolute Gasteiger partial charge is 0.392 e. The number of carbonyl (C=O) groups excluding carboxylic acids is 2. The summed E-state index contributed by atoms with van der Waals surface area (Å²) in [6, 6.07) is 0.285. The molecular formula is C16H25N3O3. The number of aliphatic hydroxyl groups excluding tert-OH is 1. The highest BCUT2D eigenvalue weighted by atomic mass is 16.3. The summed E-state index contributed by atoms with van der Waals surface area (Å²) in [5.41, 5.74) is -0.567. The SMILES string of the molecule is CN1C(=O)C2CC(O)CN2C2(CN(C3CCCCC3)C2)C1=O. The number of hydrogen-bond donors (Lipinski definition) is 1. The Morgan fingerprint density at radius 3 is 2.50 bits per heavy atom. The van der Waals surface area contributed by atoms with Gasteiger partial charge in [-0.05, 0) is 19.3 Å². The Bertz CT molecular complexity index is 497. The van der Waals surface area contributed by atoms with Crippen molar-refractivity contribution in [3.63, 3.8) is 0 Å². The van der Waals surface area contributed by atoms with Crippen LogP contribution in [0.25, 0.3) is 0 Å². The molecular weight excluding hydrogens is 282 g/mol. The Morgan fingerprint density at radius 1 is 1.14 bits per heavy atom. The molecule has 3 aliphatic heterocycles. The molecule has 6 heteroatoms. The van der Waals surface area contributed by atoms with Gasteiger partial charge in [-0.25, -0.2) is 0 Å². The molecule has 3 heterocycles. The first-order valence-electron chi connectivity index (χ1n) is 8.54. The third-order valence-corrected chi connectivity index (χ3v) is 6.17. The number of carbonyl (C=O) groups is 2. The van der Waals surface area contributed by atoms with Gasteiger partial charge < -0.3 is 5.11 Å². The van der Waals surface area contributed by atoms with Crippen molar-refractivity contribution in [2.45, 2.75) is 62.3 Å². The third kappa shape index (κ3) is 1.90. The van der Waals surface area contributed by atoms with Crippen LogP contribution in [-0.2, 0) is 9.59 Å². The monoisotopic (exact) mass is 307 g/mol. The number of imide groups is 1. The lowest BCUT2D eigenvalue weighted by Gasteiger charge is -2.60. The molecule has 2 unspecified atom stereocenters. The zero-order chi connectivity index (χ0) is 15.5. The van der Waals surface area contributed by atoms with E-state index in [1.807, 2.05) is 4.90 Å². The molecule has 122 valence electrons. The van der Waals surface area contributed by atoms with Crippen molar-refractivity contribution in [3.05, 3.63) is 0 Å². The summed E-state index contributed by atoms with van der Waals surface area (Å²) in [7, 11) is 1.59. The summed E-state index contributed by atoms with van der Waals surface area (Å²) in [6.45, 7) is 1.89. The van der Waals surface area contributed by atoms with Crippen molar-refractivity contribution in [1.82, 2.24) is 14.7 Å². The minimum atomic E-state index is -0.567. The quantitative estimate of drug-likeness (QED) is 0.680. The second-order valence-electron chi connectivity index (χ2n) is 7.49. The molecule has 2 atom stereocenters. The van der Waals surface area contributed by atoms with Crippen LogP contribution in [0.4, 0.5) is 0 Å². The molecule has 0 aromatic heterocycles. The number of hydrogen-bond acceptors (Lipinski definition) is 5. The number of rotatable bonds is 1. The molecule has 4 rings (SSSR count). The molecule has 2 amide bonds. The molecule has 22 heavy (non-hydrogen) atoms. The van der Waals surface area contributed by atoms with Crippen molar-refractivity contribution >= 4 is 11.8 Å². The zero-order valence-corrected chi connectivity index (χ0v) is 13.2. The van der Waals surface area contributed by atoms with Gasteiger partial charge in [0.25, 0.3) is 5.91 Å². The number of fused-ring (bicyclic) bond motifs is 2. The molecule has 0 radical (unpaired) electrons. The minimum absolute atomic E-state index is 0.0742. The van der Waals surface area contributed by atoms with E-state index in [0.29, 0.717) is 19.0 Å². The van der Waals surface area contributed by atoms with Crippen molar-refractivity contribution in [2.75, 3.05) is 26.7 Å². The van der Waals surface area contributed by atoms with Gasteiger partial charge >= 0.3 is 0 Å². The molecule has 1 N–H and O–H groups in total. The maximum absolute atomic E-state index is 12.8. The molecule has 1 aliphatic carbocycles. The first kappa shape index (κ1) is 14.6. The summed E-state index contributed by atoms with van der Waals surface area (Å²) in [4.78, 5) is 30.8. The normalized spacial score (nSPS) is 36.7. The predicted octanol–water partition coefficient (Wildman–Crippen LogP) is -0.193. The van der Waals surface area contributed by atoms with E-state index in [2.05, 4.69) is 4.90 Å². The Balaban J connectivity index is 1.55. The van der Waals surface area contributed by atoms with Gasteiger partial charge in [-0.3, -0.25) is 24.3 Å². The lowest BCUT2D eigenvalue weighted by Crippen LogP contribution is -2.82. The van der Waals surface area contributed by atoms with Gasteiger partial charge in [-0.1, -0.05) is 19.3 Å². The van der Waals surface area contributed by atoms with Crippen molar-refractivity contribution in [2.24, 2.45) is 0 Å². The molecule has 0 aromatic rings. The number of likely N-dealkylation sites (N-methyl/N-ethyl adjacent to an activating group) is 1. The maximum Gasteiger partial charge on any atom is 0.252 e. The first-order valence-corrected chi connectivity index (χ1v) is 8.54. The molecule has 4 aliphatic rings. The van der Waals surface area contributed by atoms with Gasteiger partial charge in [0.05, 0.1) is 12.1 Å². The van der Waals surface area contributed by atoms with Crippen LogP contribution < -0.4 is 0 Å². The Kier molecular flexibility index (Phi) is 3.33. The van der Waals surface area contributed by atoms with Crippen molar-refractivity contribution in [1.29, 1.82) is 0 Å². The molecule has 0 aromatic carbocycles. The van der Waals surface area contributed by atoms with Crippen LogP contribution in [-0.4, -0.2) is 82.0 Å². The van der Waals surface area contributed by atoms with Crippen LogP contribution in [0.5, 0.6) is 0 Å². The van der Waals surface area contributed by atoms with E-state index in [9.17, 15) is 14.7 Å². The highest BCUT2D eigenvalue weighted by molar-refractivity contribution is 6.05. The fourth-order valence-corrected chi connectivity index (χ4v) is 4.93. The third-order valence-electron chi connectivity index (χ3n) is 6.17. The maximum atomic E-state index is 12.8. The fourth-order valence-electron chi connectivity index (χ4n) is 4.93. The molecule has 4 fully saturated rings. The fraction of sp³-hybridized carbons (Fsp3) is 0.875. The average Bonchev–Trinajstić information content (AvgIpc) is 2.87. The second kappa shape index (κ2) is 5.01. The van der Waals surface area contributed by atoms with Crippen LogP contribution in [0.15, 0.2) is 0 Å². The minimum Gasteiger partial charge on any atom is -0.392 e. The van der Waals surface area contributed by atoms with E-state index in [-0.39, 0.29) is 17.9 Å². The average molecular weight is 307 g/mol. The number of aliphatic hydroxyl groups is 1. The number of amides is 2. The highest BCUT2D eigenvalue weighted by Gasteiger charge is 2.64. The smallest absolute Gasteiger partial charge is 0.252 e. The van der Waals surface area contributed by atoms with Crippen LogP contribution >= 0.6 is 0 Å². The zero-order valence-electron chi connectivity index (χ0n) is 13.2. The van der Waals surface area contributed by atoms with Crippen LogP contribution in [0.3, 0.4) is 0 Å². The molecule has 1 saturated carbocycles. The van der Waals surface area contributed by atoms with Gasteiger partial charge in [0.1, 0.15) is 5.54 Å². The Hall–Kier alpha value is -0.980. The van der Waals surface area contributed by atoms with Gasteiger partial charge in [0.2, 0.25) is 5.91 Å². The van der Waals surface area contributed by atoms with Gasteiger partial charge in [-0.2, -0.15) is 0 Å². The van der Waals surface area contributed by atoms with E-state index in [1.165, 1.54) is 37.0 Å². The highest BCUT2D eigenvalue weighted by Crippen LogP contribution is 2.42. The number of nitrogens with zero attached hydrogens (tertiary/aromatic N) is 3. The number of likely N-dealkylation sites (tertiary alicyclic amines) is 1. The van der Waals surface area contributed by atoms with E-state index in [0.717, 1.165) is 13.1 Å². The van der Waals surface area contributed by atoms with Crippen LogP contribution in [0, 0.1) is 0 Å².